The second-order valence-corrected chi connectivity index (χ2v) is 7.75. The van der Waals surface area contributed by atoms with Crippen molar-refractivity contribution >= 4 is 15.9 Å². The smallest absolute Gasteiger partial charge is 0.0496 e. The van der Waals surface area contributed by atoms with E-state index in [1.807, 2.05) is 0 Å². The maximum atomic E-state index is 6.34. The van der Waals surface area contributed by atoms with Crippen LogP contribution in [0, 0.1) is 11.8 Å². The first-order valence-electron chi connectivity index (χ1n) is 8.24. The van der Waals surface area contributed by atoms with Crippen molar-refractivity contribution in [3.05, 3.63) is 34.3 Å². The van der Waals surface area contributed by atoms with E-state index in [2.05, 4.69) is 65.9 Å². The van der Waals surface area contributed by atoms with Crippen molar-refractivity contribution in [2.24, 2.45) is 17.6 Å². The number of nitrogens with zero attached hydrogens (tertiary/aromatic N) is 1. The Morgan fingerprint density at radius 2 is 1.95 bits per heavy atom. The molecule has 21 heavy (non-hydrogen) atoms. The van der Waals surface area contributed by atoms with Crippen LogP contribution in [0.25, 0.3) is 0 Å². The van der Waals surface area contributed by atoms with Crippen LogP contribution in [0.1, 0.15) is 51.6 Å². The average Bonchev–Trinajstić information content (AvgIpc) is 2.64. The van der Waals surface area contributed by atoms with Gasteiger partial charge in [0.15, 0.2) is 0 Å². The Balaban J connectivity index is 2.15. The monoisotopic (exact) mass is 352 g/mol. The number of hydrogen-bond acceptors (Lipinski definition) is 2. The number of nitrogens with two attached hydrogens (primary N) is 1. The number of likely N-dealkylation sites (tertiary alicyclic amines) is 1. The Hall–Kier alpha value is -0.380. The number of hydrogen-bond donors (Lipinski definition) is 1. The first-order valence-corrected chi connectivity index (χ1v) is 9.03. The van der Waals surface area contributed by atoms with Gasteiger partial charge < -0.3 is 5.73 Å². The molecule has 0 aromatic heterocycles. The van der Waals surface area contributed by atoms with E-state index in [0.717, 1.165) is 16.3 Å². The summed E-state index contributed by atoms with van der Waals surface area (Å²) in [5.74, 6) is 1.66. The highest BCUT2D eigenvalue weighted by Gasteiger charge is 2.27. The van der Waals surface area contributed by atoms with Crippen molar-refractivity contribution < 1.29 is 0 Å². The molecular weight excluding hydrogens is 324 g/mol. The Morgan fingerprint density at radius 3 is 2.57 bits per heavy atom. The van der Waals surface area contributed by atoms with Gasteiger partial charge in [0.05, 0.1) is 0 Å². The fourth-order valence-corrected chi connectivity index (χ4v) is 4.04. The molecule has 1 saturated heterocycles. The lowest BCUT2D eigenvalue weighted by Crippen LogP contribution is -2.40. The number of rotatable bonds is 4. The van der Waals surface area contributed by atoms with Crippen LogP contribution >= 0.6 is 15.9 Å². The van der Waals surface area contributed by atoms with Gasteiger partial charge in [0.2, 0.25) is 0 Å². The Morgan fingerprint density at radius 1 is 1.19 bits per heavy atom. The van der Waals surface area contributed by atoms with Crippen LogP contribution in [-0.2, 0) is 0 Å². The van der Waals surface area contributed by atoms with Gasteiger partial charge in [-0.1, -0.05) is 41.9 Å². The summed E-state index contributed by atoms with van der Waals surface area (Å²) in [5, 5.41) is 0. The topological polar surface area (TPSA) is 29.3 Å². The predicted molar refractivity (Wildman–Crippen MR) is 94.3 cm³/mol. The van der Waals surface area contributed by atoms with Crippen molar-refractivity contribution in [3.63, 3.8) is 0 Å². The van der Waals surface area contributed by atoms with Gasteiger partial charge in [0.25, 0.3) is 0 Å². The molecule has 0 bridgehead atoms. The summed E-state index contributed by atoms with van der Waals surface area (Å²) in [6.45, 7) is 9.19. The molecule has 3 unspecified atom stereocenters. The van der Waals surface area contributed by atoms with Crippen molar-refractivity contribution in [1.82, 2.24) is 4.90 Å². The largest absolute Gasteiger partial charge is 0.326 e. The van der Waals surface area contributed by atoms with Gasteiger partial charge in [-0.3, -0.25) is 4.90 Å². The third-order valence-electron chi connectivity index (χ3n) is 4.83. The first-order chi connectivity index (χ1) is 9.99. The molecule has 1 heterocycles. The lowest BCUT2D eigenvalue weighted by atomic mass is 9.89. The van der Waals surface area contributed by atoms with Gasteiger partial charge in [-0.25, -0.2) is 0 Å². The van der Waals surface area contributed by atoms with E-state index in [9.17, 15) is 0 Å². The SMILES string of the molecule is CC(C)C1CCCN(C(c2cccc(Br)c2)C(C)N)CC1. The van der Waals surface area contributed by atoms with Crippen LogP contribution < -0.4 is 5.73 Å². The summed E-state index contributed by atoms with van der Waals surface area (Å²) < 4.78 is 1.14. The Labute approximate surface area is 138 Å². The van der Waals surface area contributed by atoms with E-state index in [4.69, 9.17) is 5.73 Å². The van der Waals surface area contributed by atoms with E-state index < -0.39 is 0 Å². The minimum atomic E-state index is 0.148. The summed E-state index contributed by atoms with van der Waals surface area (Å²) in [6, 6.07) is 9.11. The molecule has 2 rings (SSSR count). The molecule has 1 aromatic carbocycles. The summed E-state index contributed by atoms with van der Waals surface area (Å²) in [7, 11) is 0. The summed E-state index contributed by atoms with van der Waals surface area (Å²) >= 11 is 3.59. The third-order valence-corrected chi connectivity index (χ3v) is 5.33. The molecule has 0 spiro atoms. The van der Waals surface area contributed by atoms with Crippen molar-refractivity contribution in [2.45, 2.75) is 52.1 Å². The zero-order chi connectivity index (χ0) is 15.4. The first kappa shape index (κ1) is 17.0. The molecule has 3 heteroatoms. The zero-order valence-corrected chi connectivity index (χ0v) is 15.1. The summed E-state index contributed by atoms with van der Waals surface area (Å²) in [6.07, 6.45) is 3.95. The molecule has 1 fully saturated rings. The number of benzene rings is 1. The Kier molecular flexibility index (Phi) is 6.27. The minimum Gasteiger partial charge on any atom is -0.326 e. The molecule has 2 N–H and O–H groups in total. The Bertz CT molecular complexity index is 445. The van der Waals surface area contributed by atoms with Gasteiger partial charge in [-0.2, -0.15) is 0 Å². The predicted octanol–water partition coefficient (Wildman–Crippen LogP) is 4.60. The maximum absolute atomic E-state index is 6.34. The van der Waals surface area contributed by atoms with E-state index in [1.54, 1.807) is 0 Å². The van der Waals surface area contributed by atoms with E-state index in [-0.39, 0.29) is 6.04 Å². The highest BCUT2D eigenvalue weighted by molar-refractivity contribution is 9.10. The van der Waals surface area contributed by atoms with Gasteiger partial charge >= 0.3 is 0 Å². The van der Waals surface area contributed by atoms with Crippen LogP contribution in [0.4, 0.5) is 0 Å². The number of halogens is 1. The fourth-order valence-electron chi connectivity index (χ4n) is 3.63. The highest BCUT2D eigenvalue weighted by atomic mass is 79.9. The second-order valence-electron chi connectivity index (χ2n) is 6.83. The van der Waals surface area contributed by atoms with Crippen LogP contribution in [0.2, 0.25) is 0 Å². The quantitative estimate of drug-likeness (QED) is 0.857. The van der Waals surface area contributed by atoms with Gasteiger partial charge in [0, 0.05) is 16.6 Å². The van der Waals surface area contributed by atoms with Gasteiger partial charge in [0.1, 0.15) is 0 Å². The summed E-state index contributed by atoms with van der Waals surface area (Å²) in [4.78, 5) is 2.61. The minimum absolute atomic E-state index is 0.148. The highest BCUT2D eigenvalue weighted by Crippen LogP contribution is 2.31. The van der Waals surface area contributed by atoms with Gasteiger partial charge in [-0.15, -0.1) is 0 Å². The zero-order valence-electron chi connectivity index (χ0n) is 13.6. The average molecular weight is 353 g/mol. The van der Waals surface area contributed by atoms with Crippen LogP contribution in [0.5, 0.6) is 0 Å². The van der Waals surface area contributed by atoms with Gasteiger partial charge in [-0.05, 0) is 68.8 Å². The maximum Gasteiger partial charge on any atom is 0.0496 e. The fraction of sp³-hybridized carbons (Fsp3) is 0.667. The molecule has 1 aliphatic rings. The molecule has 0 saturated carbocycles. The van der Waals surface area contributed by atoms with Crippen molar-refractivity contribution in [3.8, 4) is 0 Å². The van der Waals surface area contributed by atoms with E-state index >= 15 is 0 Å². The molecule has 2 nitrogen and oxygen atoms in total. The van der Waals surface area contributed by atoms with E-state index in [1.165, 1.54) is 37.9 Å². The lowest BCUT2D eigenvalue weighted by molar-refractivity contribution is 0.178. The lowest BCUT2D eigenvalue weighted by Gasteiger charge is -2.34. The van der Waals surface area contributed by atoms with Crippen LogP contribution in [0.3, 0.4) is 0 Å². The summed E-state index contributed by atoms with van der Waals surface area (Å²) in [5.41, 5.74) is 7.67. The molecule has 118 valence electrons. The molecule has 3 atom stereocenters. The van der Waals surface area contributed by atoms with Crippen LogP contribution in [-0.4, -0.2) is 24.0 Å². The van der Waals surface area contributed by atoms with E-state index in [0.29, 0.717) is 6.04 Å². The second kappa shape index (κ2) is 7.75. The van der Waals surface area contributed by atoms with Crippen molar-refractivity contribution in [1.29, 1.82) is 0 Å². The molecule has 1 aromatic rings. The standard InChI is InChI=1S/C18H29BrN2/c1-13(2)15-7-5-10-21(11-9-15)18(14(3)20)16-6-4-8-17(19)12-16/h4,6,8,12-15,18H,5,7,9-11,20H2,1-3H3. The molecule has 0 radical (unpaired) electrons. The molecular formula is C18H29BrN2. The molecule has 0 amide bonds. The third kappa shape index (κ3) is 4.54. The normalized spacial score (nSPS) is 23.8. The molecule has 0 aliphatic carbocycles. The molecule has 1 aliphatic heterocycles. The van der Waals surface area contributed by atoms with Crippen LogP contribution in [0.15, 0.2) is 28.7 Å². The van der Waals surface area contributed by atoms with Crippen molar-refractivity contribution in [2.75, 3.05) is 13.1 Å².